The molecular weight excluding hydrogens is 571 g/mol. The van der Waals surface area contributed by atoms with Gasteiger partial charge in [0.1, 0.15) is 5.16 Å². The number of carbonyl (C=O) groups is 1. The number of hydrogen-bond acceptors (Lipinski definition) is 3. The maximum atomic E-state index is 14.7. The van der Waals surface area contributed by atoms with E-state index in [2.05, 4.69) is 5.32 Å². The van der Waals surface area contributed by atoms with E-state index < -0.39 is 41.7 Å². The monoisotopic (exact) mass is 593 g/mol. The summed E-state index contributed by atoms with van der Waals surface area (Å²) in [6, 6.07) is 14.1. The summed E-state index contributed by atoms with van der Waals surface area (Å²) in [5, 5.41) is 1.34. The van der Waals surface area contributed by atoms with Crippen molar-refractivity contribution in [2.45, 2.75) is 36.3 Å². The summed E-state index contributed by atoms with van der Waals surface area (Å²) in [5.41, 5.74) is -1.97. The molecule has 3 aromatic carbocycles. The first kappa shape index (κ1) is 30.1. The molecule has 3 nitrogen and oxygen atoms in total. The second-order valence-electron chi connectivity index (χ2n) is 8.79. The largest absolute Gasteiger partial charge is 0.416 e. The zero-order valence-corrected chi connectivity index (χ0v) is 22.6. The number of thioether (sulfide) groups is 1. The Labute approximate surface area is 225 Å². The lowest BCUT2D eigenvalue weighted by atomic mass is 10.2. The SMILES string of the molecule is CC(C)(C(=O)NCCSc1ccccc1Cl)P(=O)(c1ccc(C(F)(F)F)cc1)c1ccc(C(F)(F)F)cc1. The van der Waals surface area contributed by atoms with Gasteiger partial charge in [0.25, 0.3) is 0 Å². The van der Waals surface area contributed by atoms with Gasteiger partial charge in [0.05, 0.1) is 16.1 Å². The first-order chi connectivity index (χ1) is 17.6. The second kappa shape index (κ2) is 11.4. The van der Waals surface area contributed by atoms with Crippen LogP contribution in [0.1, 0.15) is 25.0 Å². The summed E-state index contributed by atoms with van der Waals surface area (Å²) >= 11 is 7.51. The number of benzene rings is 3. The van der Waals surface area contributed by atoms with E-state index in [4.69, 9.17) is 11.6 Å². The Kier molecular flexibility index (Phi) is 9.01. The maximum absolute atomic E-state index is 14.7. The number of halogens is 7. The molecule has 0 spiro atoms. The minimum atomic E-state index is -4.65. The molecular formula is C26H23ClF6NO2PS. The van der Waals surface area contributed by atoms with Crippen LogP contribution in [0, 0.1) is 0 Å². The average Bonchev–Trinajstić information content (AvgIpc) is 2.86. The second-order valence-corrected chi connectivity index (χ2v) is 13.7. The van der Waals surface area contributed by atoms with Gasteiger partial charge in [-0.05, 0) is 50.2 Å². The Morgan fingerprint density at radius 3 is 1.68 bits per heavy atom. The van der Waals surface area contributed by atoms with E-state index in [1.807, 2.05) is 6.07 Å². The quantitative estimate of drug-likeness (QED) is 0.128. The number of carbonyl (C=O) groups excluding carboxylic acids is 1. The van der Waals surface area contributed by atoms with Gasteiger partial charge < -0.3 is 9.88 Å². The molecule has 38 heavy (non-hydrogen) atoms. The molecule has 3 aromatic rings. The summed E-state index contributed by atoms with van der Waals surface area (Å²) in [7, 11) is -4.12. The first-order valence-electron chi connectivity index (χ1n) is 11.2. The highest BCUT2D eigenvalue weighted by atomic mass is 35.5. The van der Waals surface area contributed by atoms with Crippen LogP contribution in [-0.4, -0.2) is 23.4 Å². The Hall–Kier alpha value is -2.42. The lowest BCUT2D eigenvalue weighted by Crippen LogP contribution is -2.47. The van der Waals surface area contributed by atoms with E-state index in [9.17, 15) is 35.7 Å². The molecule has 0 aliphatic heterocycles. The van der Waals surface area contributed by atoms with E-state index in [1.54, 1.807) is 18.2 Å². The highest BCUT2D eigenvalue weighted by Gasteiger charge is 2.49. The lowest BCUT2D eigenvalue weighted by molar-refractivity contribution is -0.138. The van der Waals surface area contributed by atoms with Crippen molar-refractivity contribution in [2.24, 2.45) is 0 Å². The fraction of sp³-hybridized carbons (Fsp3) is 0.269. The number of alkyl halides is 6. The molecule has 1 N–H and O–H groups in total. The van der Waals surface area contributed by atoms with Gasteiger partial charge in [-0.2, -0.15) is 26.3 Å². The summed E-state index contributed by atoms with van der Waals surface area (Å²) in [5.74, 6) is -0.253. The highest BCUT2D eigenvalue weighted by molar-refractivity contribution is 7.99. The van der Waals surface area contributed by atoms with Crippen LogP contribution in [-0.2, 0) is 21.7 Å². The van der Waals surface area contributed by atoms with E-state index in [0.717, 1.165) is 53.4 Å². The molecule has 0 bridgehead atoms. The number of rotatable bonds is 8. The van der Waals surface area contributed by atoms with Crippen LogP contribution in [0.4, 0.5) is 26.3 Å². The van der Waals surface area contributed by atoms with Crippen LogP contribution in [0.2, 0.25) is 5.02 Å². The molecule has 0 heterocycles. The van der Waals surface area contributed by atoms with E-state index in [0.29, 0.717) is 10.8 Å². The fourth-order valence-corrected chi connectivity index (χ4v) is 7.96. The van der Waals surface area contributed by atoms with Crippen LogP contribution < -0.4 is 15.9 Å². The van der Waals surface area contributed by atoms with Gasteiger partial charge in [-0.15, -0.1) is 11.8 Å². The van der Waals surface area contributed by atoms with Gasteiger partial charge in [-0.25, -0.2) is 0 Å². The lowest BCUT2D eigenvalue weighted by Gasteiger charge is -2.34. The molecule has 204 valence electrons. The molecule has 0 aliphatic rings. The molecule has 0 unspecified atom stereocenters. The van der Waals surface area contributed by atoms with Gasteiger partial charge in [-0.1, -0.05) is 48.0 Å². The summed E-state index contributed by atoms with van der Waals surface area (Å²) in [4.78, 5) is 14.1. The van der Waals surface area contributed by atoms with Gasteiger partial charge in [-0.3, -0.25) is 4.79 Å². The standard InChI is InChI=1S/C26H23ClF6NO2PS/c1-24(2,23(35)34-15-16-38-22-6-4-3-5-21(22)27)37(36,19-11-7-17(8-12-19)25(28,29)30)20-13-9-18(10-14-20)26(31,32)33/h3-14H,15-16H2,1-2H3,(H,34,35). The van der Waals surface area contributed by atoms with Crippen LogP contribution in [0.25, 0.3) is 0 Å². The minimum Gasteiger partial charge on any atom is -0.354 e. The van der Waals surface area contributed by atoms with Crippen molar-refractivity contribution in [1.29, 1.82) is 0 Å². The average molecular weight is 594 g/mol. The summed E-state index contributed by atoms with van der Waals surface area (Å²) < 4.78 is 93.4. The third-order valence-corrected chi connectivity index (χ3v) is 11.3. The smallest absolute Gasteiger partial charge is 0.354 e. The molecule has 0 radical (unpaired) electrons. The third-order valence-electron chi connectivity index (χ3n) is 5.94. The summed E-state index contributed by atoms with van der Waals surface area (Å²) in [6.07, 6.45) is -9.30. The van der Waals surface area contributed by atoms with Crippen LogP contribution >= 0.6 is 30.5 Å². The fourth-order valence-electron chi connectivity index (χ4n) is 3.76. The van der Waals surface area contributed by atoms with Crippen molar-refractivity contribution < 1.29 is 35.7 Å². The number of hydrogen-bond donors (Lipinski definition) is 1. The Bertz CT molecular complexity index is 1260. The maximum Gasteiger partial charge on any atom is 0.416 e. The molecule has 1 amide bonds. The molecule has 3 rings (SSSR count). The molecule has 12 heteroatoms. The van der Waals surface area contributed by atoms with E-state index in [1.165, 1.54) is 25.6 Å². The van der Waals surface area contributed by atoms with E-state index in [-0.39, 0.29) is 17.2 Å². The molecule has 0 aliphatic carbocycles. The topological polar surface area (TPSA) is 46.2 Å². The van der Waals surface area contributed by atoms with Crippen LogP contribution in [0.3, 0.4) is 0 Å². The Morgan fingerprint density at radius 2 is 1.26 bits per heavy atom. The van der Waals surface area contributed by atoms with Gasteiger partial charge in [0.2, 0.25) is 5.91 Å². The molecule has 0 saturated carbocycles. The summed E-state index contributed by atoms with van der Waals surface area (Å²) in [6.45, 7) is 2.87. The molecule has 0 fully saturated rings. The Morgan fingerprint density at radius 1 is 0.816 bits per heavy atom. The van der Waals surface area contributed by atoms with Crippen LogP contribution in [0.15, 0.2) is 77.7 Å². The predicted molar refractivity (Wildman–Crippen MR) is 139 cm³/mol. The molecule has 0 atom stereocenters. The van der Waals surface area contributed by atoms with Crippen molar-refractivity contribution in [2.75, 3.05) is 12.3 Å². The zero-order valence-electron chi connectivity index (χ0n) is 20.2. The Balaban J connectivity index is 1.94. The first-order valence-corrected chi connectivity index (χ1v) is 14.3. The highest BCUT2D eigenvalue weighted by Crippen LogP contribution is 2.56. The van der Waals surface area contributed by atoms with Crippen molar-refractivity contribution in [3.8, 4) is 0 Å². The van der Waals surface area contributed by atoms with Gasteiger partial charge >= 0.3 is 12.4 Å². The predicted octanol–water partition coefficient (Wildman–Crippen LogP) is 7.38. The number of amides is 1. The molecule has 0 saturated heterocycles. The molecule has 0 aromatic heterocycles. The van der Waals surface area contributed by atoms with E-state index >= 15 is 0 Å². The van der Waals surface area contributed by atoms with Gasteiger partial charge in [0.15, 0.2) is 7.14 Å². The van der Waals surface area contributed by atoms with Crippen molar-refractivity contribution >= 4 is 47.0 Å². The number of nitrogens with one attached hydrogen (secondary N) is 1. The van der Waals surface area contributed by atoms with Crippen LogP contribution in [0.5, 0.6) is 0 Å². The third kappa shape index (κ3) is 6.41. The van der Waals surface area contributed by atoms with Crippen molar-refractivity contribution in [1.82, 2.24) is 5.32 Å². The van der Waals surface area contributed by atoms with Crippen molar-refractivity contribution in [3.63, 3.8) is 0 Å². The van der Waals surface area contributed by atoms with Crippen molar-refractivity contribution in [3.05, 3.63) is 88.9 Å². The minimum absolute atomic E-state index is 0.0872. The van der Waals surface area contributed by atoms with Gasteiger partial charge in [0, 0.05) is 27.8 Å². The zero-order chi connectivity index (χ0) is 28.4. The normalized spacial score (nSPS) is 12.9.